The summed E-state index contributed by atoms with van der Waals surface area (Å²) in [6.07, 6.45) is 72.8. The molecule has 0 bridgehead atoms. The zero-order valence-corrected chi connectivity index (χ0v) is 38.4. The minimum atomic E-state index is -0.796. The van der Waals surface area contributed by atoms with Gasteiger partial charge in [0.25, 0.3) is 0 Å². The van der Waals surface area contributed by atoms with Gasteiger partial charge in [-0.05, 0) is 103 Å². The van der Waals surface area contributed by atoms with Gasteiger partial charge >= 0.3 is 11.9 Å². The lowest BCUT2D eigenvalue weighted by Gasteiger charge is -2.15. The number of unbranched alkanes of at least 4 members (excludes halogenated alkanes) is 14. The first-order chi connectivity index (χ1) is 29.6. The summed E-state index contributed by atoms with van der Waals surface area (Å²) in [6.45, 7) is 3.87. The van der Waals surface area contributed by atoms with Crippen LogP contribution in [0.3, 0.4) is 0 Å². The molecule has 0 rings (SSSR count). The number of aliphatic hydroxyl groups is 1. The van der Waals surface area contributed by atoms with Crippen LogP contribution in [0.2, 0.25) is 0 Å². The number of rotatable bonds is 42. The van der Waals surface area contributed by atoms with Crippen molar-refractivity contribution in [3.63, 3.8) is 0 Å². The highest BCUT2D eigenvalue weighted by molar-refractivity contribution is 5.70. The maximum Gasteiger partial charge on any atom is 0.306 e. The van der Waals surface area contributed by atoms with E-state index < -0.39 is 6.10 Å². The molecule has 1 unspecified atom stereocenters. The van der Waals surface area contributed by atoms with E-state index in [1.54, 1.807) is 0 Å². The molecule has 0 amide bonds. The molecule has 0 saturated carbocycles. The number of allylic oxidation sites excluding steroid dienone is 20. The predicted molar refractivity (Wildman–Crippen MR) is 260 cm³/mol. The van der Waals surface area contributed by atoms with Gasteiger partial charge in [-0.25, -0.2) is 0 Å². The monoisotopic (exact) mass is 829 g/mol. The van der Waals surface area contributed by atoms with Crippen molar-refractivity contribution in [3.05, 3.63) is 122 Å². The number of hydrogen-bond donors (Lipinski definition) is 1. The highest BCUT2D eigenvalue weighted by Crippen LogP contribution is 2.14. The topological polar surface area (TPSA) is 72.8 Å². The Bertz CT molecular complexity index is 1260. The molecule has 0 spiro atoms. The second kappa shape index (κ2) is 49.7. The van der Waals surface area contributed by atoms with Gasteiger partial charge in [0.05, 0.1) is 6.61 Å². The molecule has 0 aromatic rings. The van der Waals surface area contributed by atoms with Crippen LogP contribution in [0, 0.1) is 0 Å². The second-order valence-corrected chi connectivity index (χ2v) is 15.4. The van der Waals surface area contributed by atoms with Crippen molar-refractivity contribution in [3.8, 4) is 0 Å². The van der Waals surface area contributed by atoms with Gasteiger partial charge in [-0.1, -0.05) is 200 Å². The molecule has 1 N–H and O–H groups in total. The fourth-order valence-corrected chi connectivity index (χ4v) is 6.19. The zero-order valence-electron chi connectivity index (χ0n) is 38.4. The summed E-state index contributed by atoms with van der Waals surface area (Å²) in [4.78, 5) is 24.4. The maximum absolute atomic E-state index is 12.3. The summed E-state index contributed by atoms with van der Waals surface area (Å²) in [5.41, 5.74) is 0. The van der Waals surface area contributed by atoms with Crippen molar-refractivity contribution in [2.24, 2.45) is 0 Å². The summed E-state index contributed by atoms with van der Waals surface area (Å²) in [7, 11) is 0. The Balaban J connectivity index is 3.61. The molecule has 0 radical (unpaired) electrons. The first-order valence-corrected chi connectivity index (χ1v) is 24.1. The molecule has 0 aliphatic heterocycles. The number of hydrogen-bond acceptors (Lipinski definition) is 5. The highest BCUT2D eigenvalue weighted by atomic mass is 16.6. The zero-order chi connectivity index (χ0) is 43.5. The van der Waals surface area contributed by atoms with Crippen LogP contribution in [0.1, 0.15) is 194 Å². The van der Waals surface area contributed by atoms with Gasteiger partial charge in [0.15, 0.2) is 6.10 Å². The van der Waals surface area contributed by atoms with Crippen LogP contribution in [0.5, 0.6) is 0 Å². The van der Waals surface area contributed by atoms with Crippen molar-refractivity contribution in [2.75, 3.05) is 13.2 Å². The molecule has 0 heterocycles. The van der Waals surface area contributed by atoms with Crippen LogP contribution in [-0.4, -0.2) is 36.4 Å². The van der Waals surface area contributed by atoms with E-state index in [0.717, 1.165) is 109 Å². The normalized spacial score (nSPS) is 13.3. The van der Waals surface area contributed by atoms with E-state index in [4.69, 9.17) is 9.47 Å². The largest absolute Gasteiger partial charge is 0.462 e. The first-order valence-electron chi connectivity index (χ1n) is 24.1. The van der Waals surface area contributed by atoms with Crippen molar-refractivity contribution >= 4 is 11.9 Å². The Hall–Kier alpha value is -3.70. The van der Waals surface area contributed by atoms with E-state index in [1.807, 2.05) is 0 Å². The molecule has 5 nitrogen and oxygen atoms in total. The van der Waals surface area contributed by atoms with Crippen LogP contribution in [0.4, 0.5) is 0 Å². The van der Waals surface area contributed by atoms with Crippen molar-refractivity contribution < 1.29 is 24.2 Å². The van der Waals surface area contributed by atoms with E-state index >= 15 is 0 Å². The van der Waals surface area contributed by atoms with Gasteiger partial charge in [-0.2, -0.15) is 0 Å². The molecule has 0 fully saturated rings. The van der Waals surface area contributed by atoms with Gasteiger partial charge in [-0.3, -0.25) is 9.59 Å². The minimum Gasteiger partial charge on any atom is -0.462 e. The molecule has 0 aliphatic carbocycles. The fourth-order valence-electron chi connectivity index (χ4n) is 6.19. The predicted octanol–water partition coefficient (Wildman–Crippen LogP) is 16.0. The van der Waals surface area contributed by atoms with Crippen LogP contribution >= 0.6 is 0 Å². The number of carbonyl (C=O) groups is 2. The number of aliphatic hydroxyl groups excluding tert-OH is 1. The van der Waals surface area contributed by atoms with E-state index in [2.05, 4.69) is 135 Å². The molecule has 338 valence electrons. The molecule has 0 aromatic carbocycles. The van der Waals surface area contributed by atoms with E-state index in [9.17, 15) is 14.7 Å². The average Bonchev–Trinajstić information content (AvgIpc) is 3.25. The van der Waals surface area contributed by atoms with E-state index in [-0.39, 0.29) is 25.2 Å². The molecule has 5 heteroatoms. The first kappa shape index (κ1) is 56.3. The van der Waals surface area contributed by atoms with Crippen molar-refractivity contribution in [2.45, 2.75) is 200 Å². The third-order valence-corrected chi connectivity index (χ3v) is 9.75. The van der Waals surface area contributed by atoms with Crippen LogP contribution in [-0.2, 0) is 19.1 Å². The van der Waals surface area contributed by atoms with Gasteiger partial charge in [0.2, 0.25) is 0 Å². The molecule has 0 aromatic heterocycles. The molecule has 0 aliphatic rings. The van der Waals surface area contributed by atoms with Gasteiger partial charge < -0.3 is 14.6 Å². The van der Waals surface area contributed by atoms with Crippen LogP contribution in [0.25, 0.3) is 0 Å². The lowest BCUT2D eigenvalue weighted by atomic mass is 10.0. The Morgan fingerprint density at radius 3 is 1.02 bits per heavy atom. The Morgan fingerprint density at radius 1 is 0.383 bits per heavy atom. The highest BCUT2D eigenvalue weighted by Gasteiger charge is 2.16. The van der Waals surface area contributed by atoms with Gasteiger partial charge in [-0.15, -0.1) is 0 Å². The number of carbonyl (C=O) groups excluding carboxylic acids is 2. The third-order valence-electron chi connectivity index (χ3n) is 9.75. The maximum atomic E-state index is 12.3. The third kappa shape index (κ3) is 47.0. The van der Waals surface area contributed by atoms with E-state index in [1.165, 1.54) is 57.8 Å². The molecule has 0 saturated heterocycles. The Morgan fingerprint density at radius 2 is 0.667 bits per heavy atom. The summed E-state index contributed by atoms with van der Waals surface area (Å²) in [5, 5.41) is 9.61. The molecule has 1 atom stereocenters. The summed E-state index contributed by atoms with van der Waals surface area (Å²) >= 11 is 0. The average molecular weight is 829 g/mol. The van der Waals surface area contributed by atoms with Gasteiger partial charge in [0, 0.05) is 12.8 Å². The van der Waals surface area contributed by atoms with E-state index in [0.29, 0.717) is 12.8 Å². The minimum absolute atomic E-state index is 0.0919. The standard InChI is InChI=1S/C55H88O5/c1-3-5-7-9-11-13-15-17-19-21-23-24-25-26-27-28-29-30-32-34-36-38-40-42-44-46-48-50-55(58)60-53(51-56)52-59-54(57)49-47-45-43-41-39-37-35-33-31-22-20-18-16-14-12-10-8-6-4-2/h5-8,11-14,17-20,23-24,26-27,31,33,37,39,53,56H,3-4,9-10,15-16,21-22,25,28-30,32,34-36,38,40-52H2,1-2H3/b7-5-,8-6-,13-11-,14-12-,19-17-,20-18-,24-23-,27-26-,33-31-,39-37-. The van der Waals surface area contributed by atoms with Gasteiger partial charge in [0.1, 0.15) is 6.61 Å². The lowest BCUT2D eigenvalue weighted by Crippen LogP contribution is -2.28. The molecular formula is C55H88O5. The van der Waals surface area contributed by atoms with Crippen molar-refractivity contribution in [1.82, 2.24) is 0 Å². The summed E-state index contributed by atoms with van der Waals surface area (Å²) in [6, 6.07) is 0. The van der Waals surface area contributed by atoms with Crippen LogP contribution < -0.4 is 0 Å². The fraction of sp³-hybridized carbons (Fsp3) is 0.600. The summed E-state index contributed by atoms with van der Waals surface area (Å²) in [5.74, 6) is -0.641. The number of ether oxygens (including phenoxy) is 2. The lowest BCUT2D eigenvalue weighted by molar-refractivity contribution is -0.161. The Kier molecular flexibility index (Phi) is 46.6. The quantitative estimate of drug-likeness (QED) is 0.0377. The summed E-state index contributed by atoms with van der Waals surface area (Å²) < 4.78 is 10.6. The molecule has 60 heavy (non-hydrogen) atoms. The Labute approximate surface area is 369 Å². The van der Waals surface area contributed by atoms with Crippen LogP contribution in [0.15, 0.2) is 122 Å². The second-order valence-electron chi connectivity index (χ2n) is 15.4. The smallest absolute Gasteiger partial charge is 0.306 e. The molecular weight excluding hydrogens is 741 g/mol. The van der Waals surface area contributed by atoms with Crippen molar-refractivity contribution in [1.29, 1.82) is 0 Å². The number of esters is 2. The SMILES string of the molecule is CC/C=C\C/C=C\C/C=C\C/C=C\C/C=C\CCCCCCCCCCCCCC(=O)OC(CO)COC(=O)CCCCC/C=C\C/C=C\C/C=C\C/C=C\C/C=C\CC.